The standard InChI is InChI=1S/C19H15N3S/c1-12-6-5-9-17(21-12)18-19(23-13(2)22-18)15-10-11-20-16-8-4-3-7-14(15)16/h3-11H,1-2H3. The number of nitrogens with zero attached hydrogens (tertiary/aromatic N) is 3. The zero-order valence-electron chi connectivity index (χ0n) is 12.9. The van der Waals surface area contributed by atoms with Gasteiger partial charge in [0.2, 0.25) is 0 Å². The fraction of sp³-hybridized carbons (Fsp3) is 0.105. The minimum atomic E-state index is 0.922. The molecular formula is C19H15N3S. The maximum atomic E-state index is 4.74. The van der Waals surface area contributed by atoms with Crippen LogP contribution in [0, 0.1) is 13.8 Å². The van der Waals surface area contributed by atoms with E-state index in [0.717, 1.165) is 37.9 Å². The van der Waals surface area contributed by atoms with Crippen molar-refractivity contribution in [2.24, 2.45) is 0 Å². The number of para-hydroxylation sites is 1. The number of rotatable bonds is 2. The van der Waals surface area contributed by atoms with Crippen LogP contribution in [0.5, 0.6) is 0 Å². The molecule has 0 spiro atoms. The van der Waals surface area contributed by atoms with Crippen LogP contribution < -0.4 is 0 Å². The lowest BCUT2D eigenvalue weighted by molar-refractivity contribution is 1.18. The molecule has 23 heavy (non-hydrogen) atoms. The van der Waals surface area contributed by atoms with Crippen LogP contribution in [-0.4, -0.2) is 15.0 Å². The van der Waals surface area contributed by atoms with Gasteiger partial charge in [-0.2, -0.15) is 0 Å². The Morgan fingerprint density at radius 1 is 0.870 bits per heavy atom. The van der Waals surface area contributed by atoms with Crippen molar-refractivity contribution in [2.45, 2.75) is 13.8 Å². The number of aromatic nitrogens is 3. The highest BCUT2D eigenvalue weighted by Crippen LogP contribution is 2.38. The number of thiazole rings is 1. The zero-order chi connectivity index (χ0) is 15.8. The van der Waals surface area contributed by atoms with E-state index in [1.807, 2.05) is 56.4 Å². The topological polar surface area (TPSA) is 38.7 Å². The SMILES string of the molecule is Cc1cccc(-c2nc(C)sc2-c2ccnc3ccccc23)n1. The molecule has 0 aliphatic heterocycles. The summed E-state index contributed by atoms with van der Waals surface area (Å²) in [6.07, 6.45) is 1.86. The summed E-state index contributed by atoms with van der Waals surface area (Å²) in [5.41, 5.74) is 5.04. The van der Waals surface area contributed by atoms with Crippen molar-refractivity contribution >= 4 is 22.2 Å². The van der Waals surface area contributed by atoms with E-state index >= 15 is 0 Å². The van der Waals surface area contributed by atoms with Crippen LogP contribution in [0.1, 0.15) is 10.7 Å². The second-order valence-electron chi connectivity index (χ2n) is 5.45. The van der Waals surface area contributed by atoms with Crippen molar-refractivity contribution in [1.82, 2.24) is 15.0 Å². The summed E-state index contributed by atoms with van der Waals surface area (Å²) < 4.78 is 0. The largest absolute Gasteiger partial charge is 0.256 e. The number of aryl methyl sites for hydroxylation is 2. The van der Waals surface area contributed by atoms with Crippen LogP contribution in [0.2, 0.25) is 0 Å². The molecule has 4 aromatic rings. The highest BCUT2D eigenvalue weighted by molar-refractivity contribution is 7.15. The van der Waals surface area contributed by atoms with Crippen LogP contribution in [0.15, 0.2) is 54.7 Å². The van der Waals surface area contributed by atoms with Crippen molar-refractivity contribution in [3.63, 3.8) is 0 Å². The minimum absolute atomic E-state index is 0.922. The van der Waals surface area contributed by atoms with Crippen LogP contribution >= 0.6 is 11.3 Å². The Labute approximate surface area is 138 Å². The van der Waals surface area contributed by atoms with Crippen LogP contribution in [0.3, 0.4) is 0 Å². The molecule has 0 N–H and O–H groups in total. The summed E-state index contributed by atoms with van der Waals surface area (Å²) in [4.78, 5) is 15.0. The average Bonchev–Trinajstić information content (AvgIpc) is 2.96. The summed E-state index contributed by atoms with van der Waals surface area (Å²) in [5.74, 6) is 0. The van der Waals surface area contributed by atoms with Gasteiger partial charge in [0.1, 0.15) is 5.69 Å². The molecule has 0 aliphatic rings. The normalized spacial score (nSPS) is 11.0. The van der Waals surface area contributed by atoms with Gasteiger partial charge in [-0.1, -0.05) is 24.3 Å². The first-order valence-corrected chi connectivity index (χ1v) is 8.29. The van der Waals surface area contributed by atoms with E-state index in [4.69, 9.17) is 4.98 Å². The molecule has 0 atom stereocenters. The highest BCUT2D eigenvalue weighted by Gasteiger charge is 2.16. The Bertz CT molecular complexity index is 999. The van der Waals surface area contributed by atoms with E-state index < -0.39 is 0 Å². The van der Waals surface area contributed by atoms with Gasteiger partial charge in [-0.3, -0.25) is 9.97 Å². The Kier molecular flexibility index (Phi) is 3.39. The molecule has 4 rings (SSSR count). The Morgan fingerprint density at radius 2 is 1.74 bits per heavy atom. The summed E-state index contributed by atoms with van der Waals surface area (Å²) in [6.45, 7) is 4.04. The quantitative estimate of drug-likeness (QED) is 0.520. The highest BCUT2D eigenvalue weighted by atomic mass is 32.1. The minimum Gasteiger partial charge on any atom is -0.256 e. The molecule has 0 saturated carbocycles. The molecule has 0 aliphatic carbocycles. The van der Waals surface area contributed by atoms with E-state index in [2.05, 4.69) is 22.1 Å². The van der Waals surface area contributed by atoms with Gasteiger partial charge in [0.15, 0.2) is 0 Å². The lowest BCUT2D eigenvalue weighted by Gasteiger charge is -2.06. The molecule has 112 valence electrons. The maximum absolute atomic E-state index is 4.74. The molecule has 0 radical (unpaired) electrons. The third-order valence-corrected chi connectivity index (χ3v) is 4.76. The molecule has 0 amide bonds. The number of benzene rings is 1. The second-order valence-corrected chi connectivity index (χ2v) is 6.65. The van der Waals surface area contributed by atoms with E-state index in [9.17, 15) is 0 Å². The smallest absolute Gasteiger partial charge is 0.108 e. The number of hydrogen-bond donors (Lipinski definition) is 0. The Morgan fingerprint density at radius 3 is 2.61 bits per heavy atom. The van der Waals surface area contributed by atoms with E-state index in [1.165, 1.54) is 5.56 Å². The van der Waals surface area contributed by atoms with Crippen molar-refractivity contribution < 1.29 is 0 Å². The molecule has 0 unspecified atom stereocenters. The predicted octanol–water partition coefficient (Wildman–Crippen LogP) is 5.04. The molecule has 0 fully saturated rings. The van der Waals surface area contributed by atoms with Crippen LogP contribution in [0.4, 0.5) is 0 Å². The van der Waals surface area contributed by atoms with Crippen molar-refractivity contribution in [3.8, 4) is 21.8 Å². The zero-order valence-corrected chi connectivity index (χ0v) is 13.8. The van der Waals surface area contributed by atoms with Crippen LogP contribution in [0.25, 0.3) is 32.7 Å². The Balaban J connectivity index is 1.99. The summed E-state index contributed by atoms with van der Waals surface area (Å²) in [7, 11) is 0. The number of hydrogen-bond acceptors (Lipinski definition) is 4. The van der Waals surface area contributed by atoms with Gasteiger partial charge in [-0.05, 0) is 38.1 Å². The molecule has 3 nitrogen and oxygen atoms in total. The molecule has 0 saturated heterocycles. The van der Waals surface area contributed by atoms with Gasteiger partial charge >= 0.3 is 0 Å². The average molecular weight is 317 g/mol. The van der Waals surface area contributed by atoms with E-state index in [-0.39, 0.29) is 0 Å². The summed E-state index contributed by atoms with van der Waals surface area (Å²) >= 11 is 1.70. The fourth-order valence-corrected chi connectivity index (χ4v) is 3.72. The molecule has 1 aromatic carbocycles. The van der Waals surface area contributed by atoms with Crippen molar-refractivity contribution in [3.05, 3.63) is 65.4 Å². The van der Waals surface area contributed by atoms with Gasteiger partial charge in [-0.25, -0.2) is 4.98 Å². The summed E-state index contributed by atoms with van der Waals surface area (Å²) in [5, 5.41) is 2.19. The van der Waals surface area contributed by atoms with Gasteiger partial charge < -0.3 is 0 Å². The summed E-state index contributed by atoms with van der Waals surface area (Å²) in [6, 6.07) is 16.3. The maximum Gasteiger partial charge on any atom is 0.108 e. The monoisotopic (exact) mass is 317 g/mol. The van der Waals surface area contributed by atoms with Gasteiger partial charge in [0, 0.05) is 22.8 Å². The van der Waals surface area contributed by atoms with E-state index in [1.54, 1.807) is 11.3 Å². The predicted molar refractivity (Wildman–Crippen MR) is 95.6 cm³/mol. The van der Waals surface area contributed by atoms with Gasteiger partial charge in [0.05, 0.1) is 21.1 Å². The molecule has 0 bridgehead atoms. The Hall–Kier alpha value is -2.59. The lowest BCUT2D eigenvalue weighted by atomic mass is 10.1. The fourth-order valence-electron chi connectivity index (χ4n) is 2.75. The number of pyridine rings is 2. The first-order chi connectivity index (χ1) is 11.2. The lowest BCUT2D eigenvalue weighted by Crippen LogP contribution is -1.89. The molecule has 4 heteroatoms. The van der Waals surface area contributed by atoms with Crippen molar-refractivity contribution in [2.75, 3.05) is 0 Å². The molecule has 3 heterocycles. The first kappa shape index (κ1) is 14.0. The first-order valence-electron chi connectivity index (χ1n) is 7.48. The third-order valence-electron chi connectivity index (χ3n) is 3.76. The third kappa shape index (κ3) is 2.51. The molecular weight excluding hydrogens is 302 g/mol. The van der Waals surface area contributed by atoms with Crippen molar-refractivity contribution in [1.29, 1.82) is 0 Å². The van der Waals surface area contributed by atoms with Gasteiger partial charge in [-0.15, -0.1) is 11.3 Å². The molecule has 3 aromatic heterocycles. The number of fused-ring (bicyclic) bond motifs is 1. The van der Waals surface area contributed by atoms with Gasteiger partial charge in [0.25, 0.3) is 0 Å². The second kappa shape index (κ2) is 5.56. The van der Waals surface area contributed by atoms with Crippen LogP contribution in [-0.2, 0) is 0 Å². The van der Waals surface area contributed by atoms with E-state index in [0.29, 0.717) is 0 Å².